The number of hydrogen-bond donors (Lipinski definition) is 0. The molecule has 0 saturated heterocycles. The van der Waals surface area contributed by atoms with Crippen molar-refractivity contribution in [1.29, 1.82) is 0 Å². The van der Waals surface area contributed by atoms with Crippen LogP contribution in [0.5, 0.6) is 0 Å². The highest BCUT2D eigenvalue weighted by Gasteiger charge is 2.21. The first-order valence-electron chi connectivity index (χ1n) is 21.6. The molecule has 0 aliphatic heterocycles. The first-order valence-corrected chi connectivity index (χ1v) is 21.6. The lowest BCUT2D eigenvalue weighted by molar-refractivity contribution is 1.17. The van der Waals surface area contributed by atoms with Gasteiger partial charge in [-0.25, -0.2) is 0 Å². The van der Waals surface area contributed by atoms with Crippen LogP contribution in [0.4, 0.5) is 17.1 Å². The lowest BCUT2D eigenvalue weighted by Gasteiger charge is -2.26. The largest absolute Gasteiger partial charge is 0.310 e. The van der Waals surface area contributed by atoms with Crippen molar-refractivity contribution in [3.8, 4) is 44.8 Å². The van der Waals surface area contributed by atoms with Gasteiger partial charge in [0.1, 0.15) is 0 Å². The maximum atomic E-state index is 2.42. The van der Waals surface area contributed by atoms with Crippen molar-refractivity contribution in [3.63, 3.8) is 0 Å². The number of anilines is 3. The molecular weight excluding hydrogens is 763 g/mol. The van der Waals surface area contributed by atoms with Crippen LogP contribution in [0.15, 0.2) is 249 Å². The summed E-state index contributed by atoms with van der Waals surface area (Å²) in [5.74, 6) is 0. The third-order valence-electron chi connectivity index (χ3n) is 12.5. The summed E-state index contributed by atoms with van der Waals surface area (Å²) in [7, 11) is 0. The standard InChI is InChI=1S/C60H41N3/c1-5-17-42(18-6-1)45-23-15-26-50(39-45)61(48-32-34-49(35-33-48)62-56-29-14-13-27-53(56)55-40-46(31-38-57(55)62)43-19-7-2-8-20-43)51-36-37-54-59(41-51)63(47-24-11-4-12-25-47)58-30-16-28-52(60(54)58)44-21-9-3-10-22-44/h1-41H. The normalized spacial score (nSPS) is 11.5. The van der Waals surface area contributed by atoms with E-state index in [2.05, 4.69) is 263 Å². The lowest BCUT2D eigenvalue weighted by Crippen LogP contribution is -2.10. The Kier molecular flexibility index (Phi) is 8.83. The second-order valence-electron chi connectivity index (χ2n) is 16.2. The molecule has 0 atom stereocenters. The van der Waals surface area contributed by atoms with E-state index < -0.39 is 0 Å². The summed E-state index contributed by atoms with van der Waals surface area (Å²) in [6, 6.07) is 90.1. The summed E-state index contributed by atoms with van der Waals surface area (Å²) >= 11 is 0. The van der Waals surface area contributed by atoms with Crippen LogP contribution >= 0.6 is 0 Å². The quantitative estimate of drug-likeness (QED) is 0.149. The summed E-state index contributed by atoms with van der Waals surface area (Å²) in [6.07, 6.45) is 0. The van der Waals surface area contributed by atoms with E-state index in [-0.39, 0.29) is 0 Å². The number of benzene rings is 10. The van der Waals surface area contributed by atoms with Crippen molar-refractivity contribution in [2.45, 2.75) is 0 Å². The molecule has 12 rings (SSSR count). The van der Waals surface area contributed by atoms with Gasteiger partial charge in [0, 0.05) is 50.0 Å². The van der Waals surface area contributed by atoms with Gasteiger partial charge in [-0.15, -0.1) is 0 Å². The van der Waals surface area contributed by atoms with E-state index in [9.17, 15) is 0 Å². The number of rotatable bonds is 8. The number of nitrogens with zero attached hydrogens (tertiary/aromatic N) is 3. The van der Waals surface area contributed by atoms with Gasteiger partial charge in [-0.05, 0) is 118 Å². The number of hydrogen-bond acceptors (Lipinski definition) is 1. The summed E-state index contributed by atoms with van der Waals surface area (Å²) in [4.78, 5) is 2.40. The van der Waals surface area contributed by atoms with E-state index >= 15 is 0 Å². The van der Waals surface area contributed by atoms with Gasteiger partial charge in [-0.2, -0.15) is 0 Å². The van der Waals surface area contributed by atoms with Crippen LogP contribution in [0.25, 0.3) is 88.4 Å². The third-order valence-corrected chi connectivity index (χ3v) is 12.5. The first-order chi connectivity index (χ1) is 31.3. The van der Waals surface area contributed by atoms with Crippen molar-refractivity contribution in [1.82, 2.24) is 9.13 Å². The molecule has 0 spiro atoms. The average molecular weight is 804 g/mol. The third kappa shape index (κ3) is 6.29. The van der Waals surface area contributed by atoms with Gasteiger partial charge in [0.05, 0.1) is 22.1 Å². The summed E-state index contributed by atoms with van der Waals surface area (Å²) in [6.45, 7) is 0. The number of fused-ring (bicyclic) bond motifs is 6. The molecule has 3 heteroatoms. The van der Waals surface area contributed by atoms with Crippen LogP contribution < -0.4 is 4.90 Å². The molecule has 63 heavy (non-hydrogen) atoms. The van der Waals surface area contributed by atoms with Gasteiger partial charge >= 0.3 is 0 Å². The van der Waals surface area contributed by atoms with Crippen LogP contribution in [0.3, 0.4) is 0 Å². The van der Waals surface area contributed by atoms with Crippen LogP contribution in [-0.2, 0) is 0 Å². The lowest BCUT2D eigenvalue weighted by atomic mass is 9.99. The zero-order valence-corrected chi connectivity index (χ0v) is 34.5. The summed E-state index contributed by atoms with van der Waals surface area (Å²) in [5, 5.41) is 4.95. The van der Waals surface area contributed by atoms with Crippen molar-refractivity contribution < 1.29 is 0 Å². The highest BCUT2D eigenvalue weighted by molar-refractivity contribution is 6.16. The van der Waals surface area contributed by atoms with E-state index in [0.29, 0.717) is 0 Å². The van der Waals surface area contributed by atoms with Crippen LogP contribution in [0.2, 0.25) is 0 Å². The summed E-state index contributed by atoms with van der Waals surface area (Å²) < 4.78 is 4.83. The SMILES string of the molecule is c1ccc(-c2cccc(N(c3ccc(-n4c5ccccc5c5cc(-c6ccccc6)ccc54)cc3)c3ccc4c5c(-c6ccccc6)cccc5n(-c5ccccc5)c4c3)c2)cc1. The minimum Gasteiger partial charge on any atom is -0.310 e. The molecule has 0 bridgehead atoms. The maximum absolute atomic E-state index is 2.42. The zero-order chi connectivity index (χ0) is 41.7. The Morgan fingerprint density at radius 2 is 0.778 bits per heavy atom. The molecule has 0 aliphatic carbocycles. The highest BCUT2D eigenvalue weighted by Crippen LogP contribution is 2.44. The molecule has 296 valence electrons. The molecule has 0 aliphatic rings. The molecule has 10 aromatic carbocycles. The van der Waals surface area contributed by atoms with E-state index in [1.165, 1.54) is 71.5 Å². The van der Waals surface area contributed by atoms with Gasteiger partial charge in [-0.3, -0.25) is 0 Å². The molecule has 2 aromatic heterocycles. The van der Waals surface area contributed by atoms with E-state index in [4.69, 9.17) is 0 Å². The Bertz CT molecular complexity index is 3590. The number of para-hydroxylation sites is 2. The van der Waals surface area contributed by atoms with Crippen LogP contribution in [-0.4, -0.2) is 9.13 Å². The van der Waals surface area contributed by atoms with E-state index in [1.807, 2.05) is 0 Å². The van der Waals surface area contributed by atoms with Gasteiger partial charge in [-0.1, -0.05) is 164 Å². The Balaban J connectivity index is 1.05. The molecule has 2 heterocycles. The molecular formula is C60H41N3. The average Bonchev–Trinajstić information content (AvgIpc) is 3.88. The maximum Gasteiger partial charge on any atom is 0.0562 e. The predicted molar refractivity (Wildman–Crippen MR) is 266 cm³/mol. The predicted octanol–water partition coefficient (Wildman–Crippen LogP) is 16.4. The van der Waals surface area contributed by atoms with Crippen molar-refractivity contribution >= 4 is 60.7 Å². The van der Waals surface area contributed by atoms with E-state index in [0.717, 1.165) is 34.0 Å². The zero-order valence-electron chi connectivity index (χ0n) is 34.5. The highest BCUT2D eigenvalue weighted by atomic mass is 15.1. The Morgan fingerprint density at radius 1 is 0.254 bits per heavy atom. The smallest absolute Gasteiger partial charge is 0.0562 e. The van der Waals surface area contributed by atoms with Crippen LogP contribution in [0, 0.1) is 0 Å². The molecule has 0 unspecified atom stereocenters. The summed E-state index contributed by atoms with van der Waals surface area (Å²) in [5.41, 5.74) is 17.4. The van der Waals surface area contributed by atoms with Gasteiger partial charge < -0.3 is 14.0 Å². The molecule has 3 nitrogen and oxygen atoms in total. The van der Waals surface area contributed by atoms with Crippen molar-refractivity contribution in [3.05, 3.63) is 249 Å². The van der Waals surface area contributed by atoms with Crippen LogP contribution in [0.1, 0.15) is 0 Å². The molecule has 12 aromatic rings. The fraction of sp³-hybridized carbons (Fsp3) is 0. The Labute approximate surface area is 366 Å². The fourth-order valence-corrected chi connectivity index (χ4v) is 9.62. The van der Waals surface area contributed by atoms with Crippen molar-refractivity contribution in [2.75, 3.05) is 4.90 Å². The molecule has 0 fully saturated rings. The van der Waals surface area contributed by atoms with Gasteiger partial charge in [0.2, 0.25) is 0 Å². The molecule has 0 amide bonds. The number of aromatic nitrogens is 2. The molecule has 0 N–H and O–H groups in total. The molecule has 0 saturated carbocycles. The van der Waals surface area contributed by atoms with Gasteiger partial charge in [0.15, 0.2) is 0 Å². The van der Waals surface area contributed by atoms with E-state index in [1.54, 1.807) is 0 Å². The van der Waals surface area contributed by atoms with Gasteiger partial charge in [0.25, 0.3) is 0 Å². The monoisotopic (exact) mass is 803 g/mol. The Morgan fingerprint density at radius 3 is 1.51 bits per heavy atom. The second kappa shape index (κ2) is 15.3. The second-order valence-corrected chi connectivity index (χ2v) is 16.2. The fourth-order valence-electron chi connectivity index (χ4n) is 9.62. The van der Waals surface area contributed by atoms with Crippen molar-refractivity contribution in [2.24, 2.45) is 0 Å². The minimum absolute atomic E-state index is 1.07. The molecule has 0 radical (unpaired) electrons. The Hall–Kier alpha value is -8.40. The minimum atomic E-state index is 1.07. The first kappa shape index (κ1) is 36.5. The topological polar surface area (TPSA) is 13.1 Å².